The third-order valence-corrected chi connectivity index (χ3v) is 4.30. The molecule has 3 rings (SSSR count). The second kappa shape index (κ2) is 8.42. The minimum absolute atomic E-state index is 0.126. The molecule has 1 amide bonds. The molecule has 1 aromatic carbocycles. The van der Waals surface area contributed by atoms with Gasteiger partial charge < -0.3 is 10.6 Å². The van der Waals surface area contributed by atoms with Crippen molar-refractivity contribution in [3.63, 3.8) is 0 Å². The quantitative estimate of drug-likeness (QED) is 0.778. The average Bonchev–Trinajstić information content (AvgIpc) is 2.63. The molecule has 2 N–H and O–H groups in total. The van der Waals surface area contributed by atoms with E-state index in [0.717, 1.165) is 24.1 Å². The predicted molar refractivity (Wildman–Crippen MR) is 100.0 cm³/mol. The summed E-state index contributed by atoms with van der Waals surface area (Å²) in [5.41, 5.74) is 4.03. The van der Waals surface area contributed by atoms with Crippen LogP contribution in [-0.4, -0.2) is 22.4 Å². The number of aromatic nitrogens is 2. The second-order valence-electron chi connectivity index (χ2n) is 6.40. The van der Waals surface area contributed by atoms with Gasteiger partial charge in [0.25, 0.3) is 5.91 Å². The van der Waals surface area contributed by atoms with Gasteiger partial charge in [0.2, 0.25) is 5.95 Å². The number of allylic oxidation sites excluding steroid dienone is 1. The zero-order chi connectivity index (χ0) is 17.5. The van der Waals surface area contributed by atoms with Crippen LogP contribution in [0.3, 0.4) is 0 Å². The van der Waals surface area contributed by atoms with Crippen LogP contribution in [0.5, 0.6) is 0 Å². The molecule has 130 valence electrons. The molecule has 0 aliphatic heterocycles. The van der Waals surface area contributed by atoms with Crippen LogP contribution in [0.4, 0.5) is 11.6 Å². The van der Waals surface area contributed by atoms with Gasteiger partial charge in [0, 0.05) is 24.6 Å². The summed E-state index contributed by atoms with van der Waals surface area (Å²) < 4.78 is 0. The summed E-state index contributed by atoms with van der Waals surface area (Å²) >= 11 is 0. The monoisotopic (exact) mass is 336 g/mol. The van der Waals surface area contributed by atoms with Crippen LogP contribution in [0.1, 0.15) is 48.0 Å². The fourth-order valence-corrected chi connectivity index (χ4v) is 2.93. The Kier molecular flexibility index (Phi) is 5.77. The van der Waals surface area contributed by atoms with E-state index in [1.165, 1.54) is 24.8 Å². The number of nitrogens with one attached hydrogen (secondary N) is 2. The maximum absolute atomic E-state index is 12.2. The highest BCUT2D eigenvalue weighted by molar-refractivity contribution is 5.93. The zero-order valence-electron chi connectivity index (χ0n) is 14.6. The molecule has 0 unspecified atom stereocenters. The van der Waals surface area contributed by atoms with Crippen molar-refractivity contribution in [1.29, 1.82) is 0 Å². The summed E-state index contributed by atoms with van der Waals surface area (Å²) in [5.74, 6) is 0.355. The number of carbonyl (C=O) groups is 1. The molecule has 1 aliphatic rings. The van der Waals surface area contributed by atoms with Gasteiger partial charge in [-0.2, -0.15) is 0 Å². The summed E-state index contributed by atoms with van der Waals surface area (Å²) in [6.07, 6.45) is 11.2. The number of rotatable bonds is 6. The van der Waals surface area contributed by atoms with Crippen LogP contribution in [0.25, 0.3) is 0 Å². The molecule has 25 heavy (non-hydrogen) atoms. The Labute approximate surface area is 148 Å². The molecule has 5 nitrogen and oxygen atoms in total. The Morgan fingerprint density at radius 2 is 2.04 bits per heavy atom. The van der Waals surface area contributed by atoms with Crippen molar-refractivity contribution >= 4 is 17.5 Å². The van der Waals surface area contributed by atoms with Crippen molar-refractivity contribution in [2.75, 3.05) is 11.9 Å². The zero-order valence-corrected chi connectivity index (χ0v) is 14.6. The van der Waals surface area contributed by atoms with Crippen molar-refractivity contribution in [3.8, 4) is 0 Å². The Morgan fingerprint density at radius 3 is 2.76 bits per heavy atom. The third-order valence-electron chi connectivity index (χ3n) is 4.30. The first kappa shape index (κ1) is 17.1. The maximum atomic E-state index is 12.2. The molecule has 1 aliphatic carbocycles. The van der Waals surface area contributed by atoms with E-state index in [0.29, 0.717) is 18.1 Å². The summed E-state index contributed by atoms with van der Waals surface area (Å²) in [5, 5.41) is 6.08. The third kappa shape index (κ3) is 5.14. The molecule has 1 heterocycles. The first-order valence-corrected chi connectivity index (χ1v) is 8.82. The van der Waals surface area contributed by atoms with E-state index in [9.17, 15) is 4.79 Å². The standard InChI is InChI=1S/C20H24N4O/c1-15-6-5-9-18(12-15)24-20-22-13-17(14-23-20)19(25)21-11-10-16-7-3-2-4-8-16/h5-7,9,12-14H,2-4,8,10-11H2,1H3,(H,21,25)(H,22,23,24). The Hall–Kier alpha value is -2.69. The number of carbonyl (C=O) groups excluding carboxylic acids is 1. The summed E-state index contributed by atoms with van der Waals surface area (Å²) in [4.78, 5) is 20.6. The second-order valence-corrected chi connectivity index (χ2v) is 6.40. The van der Waals surface area contributed by atoms with Gasteiger partial charge in [0.05, 0.1) is 5.56 Å². The van der Waals surface area contributed by atoms with Crippen molar-refractivity contribution in [2.45, 2.75) is 39.0 Å². The number of amides is 1. The summed E-state index contributed by atoms with van der Waals surface area (Å²) in [6, 6.07) is 7.98. The minimum atomic E-state index is -0.126. The van der Waals surface area contributed by atoms with Crippen molar-refractivity contribution < 1.29 is 4.79 Å². The van der Waals surface area contributed by atoms with E-state index < -0.39 is 0 Å². The molecule has 0 saturated heterocycles. The molecule has 0 fully saturated rings. The van der Waals surface area contributed by atoms with Gasteiger partial charge in [-0.1, -0.05) is 23.8 Å². The van der Waals surface area contributed by atoms with E-state index >= 15 is 0 Å². The smallest absolute Gasteiger partial charge is 0.254 e. The lowest BCUT2D eigenvalue weighted by molar-refractivity contribution is 0.0953. The normalized spacial score (nSPS) is 13.9. The van der Waals surface area contributed by atoms with Crippen molar-refractivity contribution in [2.24, 2.45) is 0 Å². The van der Waals surface area contributed by atoms with Gasteiger partial charge in [-0.25, -0.2) is 9.97 Å². The SMILES string of the molecule is Cc1cccc(Nc2ncc(C(=O)NCCC3=CCCCC3)cn2)c1. The van der Waals surface area contributed by atoms with Crippen LogP contribution in [0, 0.1) is 6.92 Å². The van der Waals surface area contributed by atoms with Gasteiger partial charge in [0.15, 0.2) is 0 Å². The number of hydrogen-bond acceptors (Lipinski definition) is 4. The molecular weight excluding hydrogens is 312 g/mol. The van der Waals surface area contributed by atoms with Crippen LogP contribution >= 0.6 is 0 Å². The highest BCUT2D eigenvalue weighted by Gasteiger charge is 2.08. The van der Waals surface area contributed by atoms with Crippen LogP contribution in [0.2, 0.25) is 0 Å². The number of aryl methyl sites for hydroxylation is 1. The first-order valence-electron chi connectivity index (χ1n) is 8.82. The van der Waals surface area contributed by atoms with Crippen molar-refractivity contribution in [3.05, 3.63) is 59.4 Å². The lowest BCUT2D eigenvalue weighted by Gasteiger charge is -2.13. The average molecular weight is 336 g/mol. The number of hydrogen-bond donors (Lipinski definition) is 2. The molecule has 0 atom stereocenters. The summed E-state index contributed by atoms with van der Waals surface area (Å²) in [7, 11) is 0. The molecule has 0 radical (unpaired) electrons. The minimum Gasteiger partial charge on any atom is -0.352 e. The largest absolute Gasteiger partial charge is 0.352 e. The highest BCUT2D eigenvalue weighted by atomic mass is 16.1. The maximum Gasteiger partial charge on any atom is 0.254 e. The van der Waals surface area contributed by atoms with Crippen molar-refractivity contribution in [1.82, 2.24) is 15.3 Å². The highest BCUT2D eigenvalue weighted by Crippen LogP contribution is 2.19. The Bertz CT molecular complexity index is 753. The van der Waals surface area contributed by atoms with Gasteiger partial charge in [0.1, 0.15) is 0 Å². The lowest BCUT2D eigenvalue weighted by Crippen LogP contribution is -2.25. The van der Waals surface area contributed by atoms with E-state index in [-0.39, 0.29) is 5.91 Å². The van der Waals surface area contributed by atoms with Gasteiger partial charge >= 0.3 is 0 Å². The fraction of sp³-hybridized carbons (Fsp3) is 0.350. The molecular formula is C20H24N4O. The van der Waals surface area contributed by atoms with Gasteiger partial charge in [-0.05, 0) is 56.7 Å². The molecule has 2 aromatic rings. The number of benzene rings is 1. The molecule has 0 saturated carbocycles. The fourth-order valence-electron chi connectivity index (χ4n) is 2.93. The lowest BCUT2D eigenvalue weighted by atomic mass is 9.97. The van der Waals surface area contributed by atoms with Crippen LogP contribution < -0.4 is 10.6 Å². The van der Waals surface area contributed by atoms with Gasteiger partial charge in [-0.15, -0.1) is 0 Å². The van der Waals surface area contributed by atoms with E-state index in [1.807, 2.05) is 31.2 Å². The number of nitrogens with zero attached hydrogens (tertiary/aromatic N) is 2. The van der Waals surface area contributed by atoms with Crippen LogP contribution in [-0.2, 0) is 0 Å². The Balaban J connectivity index is 1.51. The van der Waals surface area contributed by atoms with E-state index in [2.05, 4.69) is 26.7 Å². The summed E-state index contributed by atoms with van der Waals surface area (Å²) in [6.45, 7) is 2.69. The van der Waals surface area contributed by atoms with Crippen LogP contribution in [0.15, 0.2) is 48.3 Å². The first-order chi connectivity index (χ1) is 12.2. The van der Waals surface area contributed by atoms with E-state index in [1.54, 1.807) is 12.4 Å². The van der Waals surface area contributed by atoms with E-state index in [4.69, 9.17) is 0 Å². The Morgan fingerprint density at radius 1 is 1.20 bits per heavy atom. The topological polar surface area (TPSA) is 66.9 Å². The van der Waals surface area contributed by atoms with Gasteiger partial charge in [-0.3, -0.25) is 4.79 Å². The molecule has 1 aromatic heterocycles. The predicted octanol–water partition coefficient (Wildman–Crippen LogP) is 4.15. The molecule has 5 heteroatoms. The molecule has 0 spiro atoms. The molecule has 0 bridgehead atoms. The number of anilines is 2.